The van der Waals surface area contributed by atoms with E-state index in [4.69, 9.17) is 4.42 Å². The lowest BCUT2D eigenvalue weighted by Gasteiger charge is -2.06. The molecule has 0 saturated carbocycles. The highest BCUT2D eigenvalue weighted by atomic mass is 16.3. The number of aromatic nitrogens is 2. The van der Waals surface area contributed by atoms with Crippen molar-refractivity contribution in [1.29, 1.82) is 0 Å². The average Bonchev–Trinajstić information content (AvgIpc) is 2.90. The van der Waals surface area contributed by atoms with Crippen LogP contribution in [0.3, 0.4) is 0 Å². The minimum Gasteiger partial charge on any atom is -0.461 e. The van der Waals surface area contributed by atoms with Gasteiger partial charge in [0.1, 0.15) is 17.9 Å². The van der Waals surface area contributed by atoms with Crippen LogP contribution in [0.2, 0.25) is 0 Å². The highest BCUT2D eigenvalue weighted by molar-refractivity contribution is 5.93. The zero-order valence-electron chi connectivity index (χ0n) is 12.3. The van der Waals surface area contributed by atoms with Crippen molar-refractivity contribution < 1.29 is 9.21 Å². The van der Waals surface area contributed by atoms with Crippen LogP contribution in [0.4, 0.5) is 5.69 Å². The van der Waals surface area contributed by atoms with Crippen molar-refractivity contribution in [2.24, 2.45) is 0 Å². The molecule has 108 valence electrons. The number of carbonyl (C=O) groups is 1. The summed E-state index contributed by atoms with van der Waals surface area (Å²) in [5.74, 6) is 0.761. The summed E-state index contributed by atoms with van der Waals surface area (Å²) in [6, 6.07) is 9.51. The minimum absolute atomic E-state index is 0.0965. The van der Waals surface area contributed by atoms with Gasteiger partial charge in [-0.3, -0.25) is 9.48 Å². The third-order valence-corrected chi connectivity index (χ3v) is 3.32. The Kier molecular flexibility index (Phi) is 3.25. The first-order valence-corrected chi connectivity index (χ1v) is 6.82. The van der Waals surface area contributed by atoms with E-state index in [1.54, 1.807) is 4.68 Å². The summed E-state index contributed by atoms with van der Waals surface area (Å²) >= 11 is 0. The predicted molar refractivity (Wildman–Crippen MR) is 81.3 cm³/mol. The van der Waals surface area contributed by atoms with E-state index in [9.17, 15) is 4.79 Å². The third kappa shape index (κ3) is 2.81. The first-order valence-electron chi connectivity index (χ1n) is 6.82. The van der Waals surface area contributed by atoms with Gasteiger partial charge in [-0.2, -0.15) is 5.10 Å². The fourth-order valence-electron chi connectivity index (χ4n) is 2.43. The van der Waals surface area contributed by atoms with Crippen molar-refractivity contribution in [3.05, 3.63) is 47.5 Å². The average molecular weight is 283 g/mol. The Hall–Kier alpha value is -2.56. The summed E-state index contributed by atoms with van der Waals surface area (Å²) in [4.78, 5) is 12.1. The predicted octanol–water partition coefficient (Wildman–Crippen LogP) is 3.19. The molecule has 0 fully saturated rings. The molecule has 5 heteroatoms. The number of amides is 1. The molecule has 0 atom stereocenters. The molecule has 1 N–H and O–H groups in total. The monoisotopic (exact) mass is 283 g/mol. The molecule has 0 aliphatic rings. The molecular formula is C16H17N3O2. The summed E-state index contributed by atoms with van der Waals surface area (Å²) in [6.07, 6.45) is 0. The second-order valence-electron chi connectivity index (χ2n) is 5.24. The number of hydrogen-bond donors (Lipinski definition) is 1. The number of rotatable bonds is 3. The van der Waals surface area contributed by atoms with Gasteiger partial charge in [-0.1, -0.05) is 0 Å². The second kappa shape index (κ2) is 5.09. The normalized spacial score (nSPS) is 11.0. The lowest BCUT2D eigenvalue weighted by molar-refractivity contribution is -0.116. The number of benzene rings is 1. The standard InChI is InChI=1S/C16H17N3O2/c1-10-6-11(2)19(18-10)9-16(20)17-14-4-5-15-13(8-14)7-12(3)21-15/h4-8H,9H2,1-3H3,(H,17,20). The molecule has 2 heterocycles. The first-order chi connectivity index (χ1) is 10.0. The molecule has 1 aromatic carbocycles. The van der Waals surface area contributed by atoms with Gasteiger partial charge in [-0.05, 0) is 51.1 Å². The molecule has 0 saturated heterocycles. The molecule has 3 aromatic rings. The highest BCUT2D eigenvalue weighted by Crippen LogP contribution is 2.22. The Bertz CT molecular complexity index is 814. The third-order valence-electron chi connectivity index (χ3n) is 3.32. The summed E-state index contributed by atoms with van der Waals surface area (Å²) in [5, 5.41) is 8.16. The second-order valence-corrected chi connectivity index (χ2v) is 5.24. The maximum absolute atomic E-state index is 12.1. The van der Waals surface area contributed by atoms with E-state index in [-0.39, 0.29) is 12.5 Å². The van der Waals surface area contributed by atoms with Crippen LogP contribution in [0.1, 0.15) is 17.1 Å². The Balaban J connectivity index is 1.75. The van der Waals surface area contributed by atoms with E-state index < -0.39 is 0 Å². The Morgan fingerprint density at radius 3 is 2.76 bits per heavy atom. The van der Waals surface area contributed by atoms with Gasteiger partial charge in [0, 0.05) is 16.8 Å². The van der Waals surface area contributed by atoms with Crippen molar-refractivity contribution in [3.8, 4) is 0 Å². The van der Waals surface area contributed by atoms with Crippen LogP contribution >= 0.6 is 0 Å². The van der Waals surface area contributed by atoms with Crippen LogP contribution in [0.5, 0.6) is 0 Å². The van der Waals surface area contributed by atoms with Crippen LogP contribution in [-0.4, -0.2) is 15.7 Å². The number of carbonyl (C=O) groups excluding carboxylic acids is 1. The zero-order chi connectivity index (χ0) is 15.0. The fraction of sp³-hybridized carbons (Fsp3) is 0.250. The van der Waals surface area contributed by atoms with Crippen molar-refractivity contribution >= 4 is 22.6 Å². The van der Waals surface area contributed by atoms with E-state index >= 15 is 0 Å². The Morgan fingerprint density at radius 2 is 2.05 bits per heavy atom. The highest BCUT2D eigenvalue weighted by Gasteiger charge is 2.08. The summed E-state index contributed by atoms with van der Waals surface area (Å²) in [5.41, 5.74) is 3.47. The van der Waals surface area contributed by atoms with Crippen LogP contribution in [0.15, 0.2) is 34.7 Å². The molecule has 0 aliphatic heterocycles. The van der Waals surface area contributed by atoms with Gasteiger partial charge in [0.2, 0.25) is 5.91 Å². The van der Waals surface area contributed by atoms with Gasteiger partial charge in [-0.25, -0.2) is 0 Å². The number of nitrogens with one attached hydrogen (secondary N) is 1. The van der Waals surface area contributed by atoms with Gasteiger partial charge in [-0.15, -0.1) is 0 Å². The molecule has 3 rings (SSSR count). The zero-order valence-corrected chi connectivity index (χ0v) is 12.3. The van der Waals surface area contributed by atoms with Gasteiger partial charge < -0.3 is 9.73 Å². The number of anilines is 1. The molecule has 5 nitrogen and oxygen atoms in total. The molecule has 21 heavy (non-hydrogen) atoms. The smallest absolute Gasteiger partial charge is 0.246 e. The quantitative estimate of drug-likeness (QED) is 0.803. The first kappa shape index (κ1) is 13.4. The van der Waals surface area contributed by atoms with Crippen LogP contribution in [-0.2, 0) is 11.3 Å². The molecule has 0 unspecified atom stereocenters. The summed E-state index contributed by atoms with van der Waals surface area (Å²) in [7, 11) is 0. The van der Waals surface area contributed by atoms with Gasteiger partial charge >= 0.3 is 0 Å². The number of furan rings is 1. The van der Waals surface area contributed by atoms with Crippen LogP contribution < -0.4 is 5.32 Å². The van der Waals surface area contributed by atoms with Crippen LogP contribution in [0.25, 0.3) is 11.0 Å². The SMILES string of the molecule is Cc1cc(C)n(CC(=O)Nc2ccc3oc(C)cc3c2)n1. The largest absolute Gasteiger partial charge is 0.461 e. The van der Waals surface area contributed by atoms with E-state index in [0.29, 0.717) is 0 Å². The van der Waals surface area contributed by atoms with Crippen molar-refractivity contribution in [1.82, 2.24) is 9.78 Å². The van der Waals surface area contributed by atoms with E-state index in [1.807, 2.05) is 51.1 Å². The molecule has 0 bridgehead atoms. The lowest BCUT2D eigenvalue weighted by Crippen LogP contribution is -2.20. The number of fused-ring (bicyclic) bond motifs is 1. The maximum atomic E-state index is 12.1. The summed E-state index contributed by atoms with van der Waals surface area (Å²) in [6.45, 7) is 5.97. The molecule has 0 aliphatic carbocycles. The van der Waals surface area contributed by atoms with Crippen molar-refractivity contribution in [3.63, 3.8) is 0 Å². The topological polar surface area (TPSA) is 60.1 Å². The number of aryl methyl sites for hydroxylation is 3. The maximum Gasteiger partial charge on any atom is 0.246 e. The van der Waals surface area contributed by atoms with E-state index in [1.165, 1.54) is 0 Å². The van der Waals surface area contributed by atoms with E-state index in [2.05, 4.69) is 10.4 Å². The Labute approximate surface area is 122 Å². The van der Waals surface area contributed by atoms with Gasteiger partial charge in [0.05, 0.1) is 5.69 Å². The number of hydrogen-bond acceptors (Lipinski definition) is 3. The molecule has 1 amide bonds. The fourth-order valence-corrected chi connectivity index (χ4v) is 2.43. The molecular weight excluding hydrogens is 266 g/mol. The van der Waals surface area contributed by atoms with E-state index in [0.717, 1.165) is 33.8 Å². The van der Waals surface area contributed by atoms with Gasteiger partial charge in [0.15, 0.2) is 0 Å². The van der Waals surface area contributed by atoms with Crippen molar-refractivity contribution in [2.45, 2.75) is 27.3 Å². The molecule has 0 radical (unpaired) electrons. The Morgan fingerprint density at radius 1 is 1.24 bits per heavy atom. The van der Waals surface area contributed by atoms with Gasteiger partial charge in [0.25, 0.3) is 0 Å². The minimum atomic E-state index is -0.0965. The van der Waals surface area contributed by atoms with Crippen molar-refractivity contribution in [2.75, 3.05) is 5.32 Å². The molecule has 2 aromatic heterocycles. The lowest BCUT2D eigenvalue weighted by atomic mass is 10.2. The molecule has 0 spiro atoms. The van der Waals surface area contributed by atoms with Crippen LogP contribution in [0, 0.1) is 20.8 Å². The summed E-state index contributed by atoms with van der Waals surface area (Å²) < 4.78 is 7.21. The number of nitrogens with zero attached hydrogens (tertiary/aromatic N) is 2.